The third kappa shape index (κ3) is 4.25. The second-order valence-corrected chi connectivity index (χ2v) is 7.39. The van der Waals surface area contributed by atoms with Crippen molar-refractivity contribution in [3.8, 4) is 0 Å². The molecule has 1 fully saturated rings. The van der Waals surface area contributed by atoms with Gasteiger partial charge in [0.25, 0.3) is 0 Å². The Balaban J connectivity index is 1.90. The maximum atomic E-state index is 12.2. The Morgan fingerprint density at radius 3 is 2.95 bits per heavy atom. The van der Waals surface area contributed by atoms with E-state index >= 15 is 0 Å². The number of carbonyl (C=O) groups is 1. The van der Waals surface area contributed by atoms with Crippen LogP contribution in [-0.2, 0) is 21.4 Å². The van der Waals surface area contributed by atoms with E-state index in [1.165, 1.54) is 4.31 Å². The lowest BCUT2D eigenvalue weighted by Crippen LogP contribution is -2.45. The van der Waals surface area contributed by atoms with Crippen molar-refractivity contribution in [1.29, 1.82) is 0 Å². The molecule has 0 aliphatic carbocycles. The van der Waals surface area contributed by atoms with Crippen LogP contribution in [0.2, 0.25) is 0 Å². The van der Waals surface area contributed by atoms with E-state index in [2.05, 4.69) is 10.3 Å². The Morgan fingerprint density at radius 1 is 1.48 bits per heavy atom. The van der Waals surface area contributed by atoms with E-state index in [4.69, 9.17) is 0 Å². The molecule has 116 valence electrons. The van der Waals surface area contributed by atoms with Crippen LogP contribution in [0, 0.1) is 5.92 Å². The second-order valence-electron chi connectivity index (χ2n) is 5.14. The monoisotopic (exact) mass is 311 g/mol. The van der Waals surface area contributed by atoms with Gasteiger partial charge in [0.1, 0.15) is 0 Å². The zero-order valence-electron chi connectivity index (χ0n) is 12.2. The first-order valence-electron chi connectivity index (χ1n) is 7.18. The van der Waals surface area contributed by atoms with Gasteiger partial charge in [-0.15, -0.1) is 0 Å². The molecule has 0 aromatic carbocycles. The molecule has 1 N–H and O–H groups in total. The summed E-state index contributed by atoms with van der Waals surface area (Å²) < 4.78 is 25.2. The Bertz CT molecular complexity index is 574. The predicted molar refractivity (Wildman–Crippen MR) is 79.8 cm³/mol. The van der Waals surface area contributed by atoms with Crippen molar-refractivity contribution < 1.29 is 13.2 Å². The van der Waals surface area contributed by atoms with Gasteiger partial charge < -0.3 is 5.32 Å². The van der Waals surface area contributed by atoms with Crippen LogP contribution in [0.15, 0.2) is 24.4 Å². The number of hydrogen-bond donors (Lipinski definition) is 1. The summed E-state index contributed by atoms with van der Waals surface area (Å²) in [6.45, 7) is 2.79. The third-order valence-corrected chi connectivity index (χ3v) is 5.53. The molecule has 1 aromatic heterocycles. The predicted octanol–water partition coefficient (Wildman–Crippen LogP) is 0.759. The molecule has 7 heteroatoms. The molecular weight excluding hydrogens is 290 g/mol. The highest BCUT2D eigenvalue weighted by Gasteiger charge is 2.31. The van der Waals surface area contributed by atoms with Gasteiger partial charge in [0, 0.05) is 19.3 Å². The van der Waals surface area contributed by atoms with Crippen LogP contribution in [0.1, 0.15) is 25.5 Å². The lowest BCUT2D eigenvalue weighted by atomic mass is 9.99. The molecule has 21 heavy (non-hydrogen) atoms. The molecular formula is C14H21N3O3S. The number of sulfonamides is 1. The van der Waals surface area contributed by atoms with E-state index in [0.717, 1.165) is 18.5 Å². The summed E-state index contributed by atoms with van der Waals surface area (Å²) in [6, 6.07) is 5.53. The van der Waals surface area contributed by atoms with E-state index in [0.29, 0.717) is 13.1 Å². The minimum Gasteiger partial charge on any atom is -0.350 e. The minimum atomic E-state index is -3.21. The van der Waals surface area contributed by atoms with Gasteiger partial charge in [0.05, 0.1) is 23.9 Å². The van der Waals surface area contributed by atoms with Crippen molar-refractivity contribution in [3.05, 3.63) is 30.1 Å². The SMILES string of the molecule is CCS(=O)(=O)N1CCC[C@@H](C(=O)NCc2ccccn2)C1. The maximum Gasteiger partial charge on any atom is 0.224 e. The molecule has 0 spiro atoms. The molecule has 1 aliphatic rings. The van der Waals surface area contributed by atoms with Crippen molar-refractivity contribution in [2.24, 2.45) is 5.92 Å². The Kier molecular flexibility index (Phi) is 5.30. The fourth-order valence-electron chi connectivity index (χ4n) is 2.42. The van der Waals surface area contributed by atoms with Crippen LogP contribution < -0.4 is 5.32 Å². The van der Waals surface area contributed by atoms with Crippen LogP contribution in [-0.4, -0.2) is 42.5 Å². The fourth-order valence-corrected chi connectivity index (χ4v) is 3.60. The van der Waals surface area contributed by atoms with Crippen LogP contribution in [0.4, 0.5) is 0 Å². The molecule has 2 heterocycles. The molecule has 6 nitrogen and oxygen atoms in total. The summed E-state index contributed by atoms with van der Waals surface area (Å²) in [5, 5.41) is 2.84. The minimum absolute atomic E-state index is 0.0786. The zero-order chi connectivity index (χ0) is 15.3. The van der Waals surface area contributed by atoms with Crippen molar-refractivity contribution in [2.75, 3.05) is 18.8 Å². The average Bonchev–Trinajstić information content (AvgIpc) is 2.53. The van der Waals surface area contributed by atoms with Gasteiger partial charge in [-0.1, -0.05) is 6.07 Å². The highest BCUT2D eigenvalue weighted by molar-refractivity contribution is 7.89. The van der Waals surface area contributed by atoms with Crippen LogP contribution in [0.25, 0.3) is 0 Å². The molecule has 0 saturated carbocycles. The van der Waals surface area contributed by atoms with E-state index in [1.807, 2.05) is 18.2 Å². The van der Waals surface area contributed by atoms with Crippen LogP contribution in [0.5, 0.6) is 0 Å². The van der Waals surface area contributed by atoms with E-state index in [-0.39, 0.29) is 24.1 Å². The summed E-state index contributed by atoms with van der Waals surface area (Å²) in [4.78, 5) is 16.3. The topological polar surface area (TPSA) is 79.4 Å². The average molecular weight is 311 g/mol. The molecule has 1 aromatic rings. The number of amides is 1. The number of pyridine rings is 1. The standard InChI is InChI=1S/C14H21N3O3S/c1-2-21(19,20)17-9-5-6-12(11-17)14(18)16-10-13-7-3-4-8-15-13/h3-4,7-8,12H,2,5-6,9-11H2,1H3,(H,16,18)/t12-/m1/s1. The molecule has 0 unspecified atom stereocenters. The second kappa shape index (κ2) is 7.00. The van der Waals surface area contributed by atoms with Gasteiger partial charge in [-0.2, -0.15) is 0 Å². The zero-order valence-corrected chi connectivity index (χ0v) is 13.0. The maximum absolute atomic E-state index is 12.2. The van der Waals surface area contributed by atoms with E-state index < -0.39 is 10.0 Å². The normalized spacial score (nSPS) is 20.1. The summed E-state index contributed by atoms with van der Waals surface area (Å²) in [5.74, 6) is -0.296. The summed E-state index contributed by atoms with van der Waals surface area (Å²) in [6.07, 6.45) is 3.13. The fraction of sp³-hybridized carbons (Fsp3) is 0.571. The Morgan fingerprint density at radius 2 is 2.29 bits per heavy atom. The van der Waals surface area contributed by atoms with Crippen molar-refractivity contribution >= 4 is 15.9 Å². The quantitative estimate of drug-likeness (QED) is 0.870. The van der Waals surface area contributed by atoms with Crippen LogP contribution >= 0.6 is 0 Å². The first kappa shape index (κ1) is 15.9. The molecule has 0 radical (unpaired) electrons. The highest BCUT2D eigenvalue weighted by atomic mass is 32.2. The lowest BCUT2D eigenvalue weighted by molar-refractivity contribution is -0.126. The largest absolute Gasteiger partial charge is 0.350 e. The van der Waals surface area contributed by atoms with Gasteiger partial charge >= 0.3 is 0 Å². The van der Waals surface area contributed by atoms with Gasteiger partial charge in [-0.3, -0.25) is 9.78 Å². The van der Waals surface area contributed by atoms with Crippen molar-refractivity contribution in [1.82, 2.24) is 14.6 Å². The first-order chi connectivity index (χ1) is 10.0. The summed E-state index contributed by atoms with van der Waals surface area (Å²) in [5.41, 5.74) is 0.791. The third-order valence-electron chi connectivity index (χ3n) is 3.68. The number of piperidine rings is 1. The lowest BCUT2D eigenvalue weighted by Gasteiger charge is -2.30. The first-order valence-corrected chi connectivity index (χ1v) is 8.79. The highest BCUT2D eigenvalue weighted by Crippen LogP contribution is 2.19. The van der Waals surface area contributed by atoms with Crippen molar-refractivity contribution in [2.45, 2.75) is 26.3 Å². The molecule has 1 aliphatic heterocycles. The molecule has 1 atom stereocenters. The van der Waals surface area contributed by atoms with Crippen molar-refractivity contribution in [3.63, 3.8) is 0 Å². The molecule has 2 rings (SSSR count). The molecule has 1 amide bonds. The van der Waals surface area contributed by atoms with Gasteiger partial charge in [0.2, 0.25) is 15.9 Å². The van der Waals surface area contributed by atoms with Gasteiger partial charge in [0.15, 0.2) is 0 Å². The Hall–Kier alpha value is -1.47. The number of nitrogens with one attached hydrogen (secondary N) is 1. The van der Waals surface area contributed by atoms with Gasteiger partial charge in [-0.05, 0) is 31.9 Å². The number of hydrogen-bond acceptors (Lipinski definition) is 4. The Labute approximate surface area is 125 Å². The summed E-state index contributed by atoms with van der Waals surface area (Å²) >= 11 is 0. The van der Waals surface area contributed by atoms with Gasteiger partial charge in [-0.25, -0.2) is 12.7 Å². The smallest absolute Gasteiger partial charge is 0.224 e. The molecule has 1 saturated heterocycles. The van der Waals surface area contributed by atoms with Crippen LogP contribution in [0.3, 0.4) is 0 Å². The number of carbonyl (C=O) groups excluding carboxylic acids is 1. The van der Waals surface area contributed by atoms with E-state index in [1.54, 1.807) is 13.1 Å². The molecule has 0 bridgehead atoms. The number of nitrogens with zero attached hydrogens (tertiary/aromatic N) is 2. The van der Waals surface area contributed by atoms with E-state index in [9.17, 15) is 13.2 Å². The number of rotatable bonds is 5. The summed E-state index contributed by atoms with van der Waals surface area (Å²) in [7, 11) is -3.21. The number of aromatic nitrogens is 1.